The summed E-state index contributed by atoms with van der Waals surface area (Å²) in [6.45, 7) is 4.50. The van der Waals surface area contributed by atoms with Crippen molar-refractivity contribution in [2.24, 2.45) is 0 Å². The van der Waals surface area contributed by atoms with Gasteiger partial charge in [0.2, 0.25) is 0 Å². The fourth-order valence-corrected chi connectivity index (χ4v) is 0. The largest absolute Gasteiger partial charge is 0.412 e. The molecule has 0 aromatic heterocycles. The minimum atomic E-state index is 0. The van der Waals surface area contributed by atoms with Crippen LogP contribution in [-0.4, -0.2) is 54.4 Å². The fraction of sp³-hybridized carbons (Fsp3) is 1.00. The van der Waals surface area contributed by atoms with E-state index in [9.17, 15) is 0 Å². The molecule has 0 saturated heterocycles. The van der Waals surface area contributed by atoms with E-state index in [0.717, 1.165) is 49.0 Å². The van der Waals surface area contributed by atoms with E-state index in [2.05, 4.69) is 13.8 Å². The van der Waals surface area contributed by atoms with Crippen LogP contribution in [0.5, 0.6) is 0 Å². The zero-order chi connectivity index (χ0) is 3.58. The first kappa shape index (κ1) is 9.78. The molecule has 0 bridgehead atoms. The Labute approximate surface area is 67.0 Å². The maximum absolute atomic E-state index is 2.25. The Kier molecular flexibility index (Phi) is 10.9. The van der Waals surface area contributed by atoms with E-state index in [1.165, 1.54) is 0 Å². The van der Waals surface area contributed by atoms with Crippen molar-refractivity contribution in [3.8, 4) is 0 Å². The summed E-state index contributed by atoms with van der Waals surface area (Å²) in [7, 11) is 0. The minimum Gasteiger partial charge on any atom is -0.412 e. The second kappa shape index (κ2) is 5.60. The van der Waals surface area contributed by atoms with Crippen molar-refractivity contribution in [2.45, 2.75) is 13.9 Å². The van der Waals surface area contributed by atoms with Crippen LogP contribution in [0.1, 0.15) is 13.8 Å². The molecule has 0 aliphatic heterocycles. The SMILES string of the molecule is C[CH](C)[K].O. The van der Waals surface area contributed by atoms with E-state index in [-0.39, 0.29) is 5.48 Å². The fourth-order valence-electron chi connectivity index (χ4n) is 0. The van der Waals surface area contributed by atoms with Gasteiger partial charge in [-0.1, -0.05) is 0 Å². The van der Waals surface area contributed by atoms with Crippen molar-refractivity contribution in [1.29, 1.82) is 0 Å². The van der Waals surface area contributed by atoms with Crippen LogP contribution in [0.15, 0.2) is 0 Å². The van der Waals surface area contributed by atoms with E-state index < -0.39 is 0 Å². The van der Waals surface area contributed by atoms with E-state index in [0.29, 0.717) is 0 Å². The predicted octanol–water partition coefficient (Wildman–Crippen LogP) is 0.158. The Morgan fingerprint density at radius 3 is 1.40 bits per heavy atom. The molecule has 0 amide bonds. The summed E-state index contributed by atoms with van der Waals surface area (Å²) >= 11 is 1.06. The Bertz CT molecular complexity index is 11.6. The first-order chi connectivity index (χ1) is 1.73. The predicted molar refractivity (Wildman–Crippen MR) is 24.5 cm³/mol. The summed E-state index contributed by atoms with van der Waals surface area (Å²) in [6, 6.07) is 0. The molecular formula is C3H9KO. The zero-order valence-corrected chi connectivity index (χ0v) is 7.20. The van der Waals surface area contributed by atoms with Gasteiger partial charge in [-0.25, -0.2) is 0 Å². The molecule has 0 radical (unpaired) electrons. The van der Waals surface area contributed by atoms with Gasteiger partial charge in [-0.05, 0) is 0 Å². The molecule has 0 fully saturated rings. The molecule has 0 aliphatic carbocycles. The summed E-state index contributed by atoms with van der Waals surface area (Å²) in [6.07, 6.45) is 0. The Hall–Kier alpha value is 1.60. The molecule has 0 heterocycles. The van der Waals surface area contributed by atoms with Crippen molar-refractivity contribution in [1.82, 2.24) is 0 Å². The van der Waals surface area contributed by atoms with Gasteiger partial charge >= 0.3 is 62.8 Å². The summed E-state index contributed by atoms with van der Waals surface area (Å²) in [5.41, 5.74) is 0. The summed E-state index contributed by atoms with van der Waals surface area (Å²) in [4.78, 5) is 0. The second-order valence-electron chi connectivity index (χ2n) is 1.73. The first-order valence-corrected chi connectivity index (χ1v) is 3.54. The number of rotatable bonds is 0. The van der Waals surface area contributed by atoms with Gasteiger partial charge in [-0.2, -0.15) is 0 Å². The Morgan fingerprint density at radius 1 is 1.40 bits per heavy atom. The third-order valence-electron chi connectivity index (χ3n) is 0. The topological polar surface area (TPSA) is 31.5 Å². The second-order valence-corrected chi connectivity index (χ2v) is 5.34. The van der Waals surface area contributed by atoms with Crippen molar-refractivity contribution in [2.75, 3.05) is 0 Å². The molecule has 1 nitrogen and oxygen atoms in total. The zero-order valence-electron chi connectivity index (χ0n) is 4.08. The molecule has 5 heavy (non-hydrogen) atoms. The van der Waals surface area contributed by atoms with E-state index in [4.69, 9.17) is 0 Å². The molecule has 0 atom stereocenters. The van der Waals surface area contributed by atoms with Crippen molar-refractivity contribution >= 4 is 49.0 Å². The van der Waals surface area contributed by atoms with Gasteiger partial charge in [0.25, 0.3) is 0 Å². The smallest absolute Gasteiger partial charge is 0.412 e. The van der Waals surface area contributed by atoms with Crippen LogP contribution in [0.2, 0.25) is 0.0125 Å². The van der Waals surface area contributed by atoms with E-state index >= 15 is 0 Å². The Balaban J connectivity index is 0. The maximum Gasteiger partial charge on any atom is -0.412 e. The molecule has 0 aromatic rings. The molecule has 0 saturated carbocycles. The summed E-state index contributed by atoms with van der Waals surface area (Å²) < 4.78 is 1.02. The van der Waals surface area contributed by atoms with Crippen molar-refractivity contribution < 1.29 is 5.48 Å². The van der Waals surface area contributed by atoms with Crippen LogP contribution in [0.4, 0.5) is 0 Å². The van der Waals surface area contributed by atoms with Gasteiger partial charge in [-0.15, -0.1) is 0 Å². The molecular weight excluding hydrogens is 91.1 g/mol. The molecule has 0 aliphatic rings. The van der Waals surface area contributed by atoms with Crippen LogP contribution >= 0.6 is 0 Å². The number of hydrogen-bond acceptors (Lipinski definition) is 0. The summed E-state index contributed by atoms with van der Waals surface area (Å²) in [5.74, 6) is 0. The average molecular weight is 100 g/mol. The molecule has 2 N–H and O–H groups in total. The third-order valence-corrected chi connectivity index (χ3v) is 0. The maximum atomic E-state index is 2.25. The Morgan fingerprint density at radius 2 is 1.40 bits per heavy atom. The van der Waals surface area contributed by atoms with Gasteiger partial charge in [0.05, 0.1) is 0 Å². The quantitative estimate of drug-likeness (QED) is 0.388. The van der Waals surface area contributed by atoms with E-state index in [1.807, 2.05) is 0 Å². The number of hydrogen-bond donors (Lipinski definition) is 0. The van der Waals surface area contributed by atoms with Gasteiger partial charge < -0.3 is 5.48 Å². The van der Waals surface area contributed by atoms with Gasteiger partial charge in [-0.3, -0.25) is 0 Å². The van der Waals surface area contributed by atoms with Crippen molar-refractivity contribution in [3.63, 3.8) is 0 Å². The molecule has 0 rings (SSSR count). The van der Waals surface area contributed by atoms with Crippen LogP contribution in [-0.2, 0) is 0 Å². The van der Waals surface area contributed by atoms with Crippen LogP contribution in [0.25, 0.3) is 0 Å². The molecule has 0 unspecified atom stereocenters. The third kappa shape index (κ3) is 28.4. The van der Waals surface area contributed by atoms with Crippen LogP contribution in [0.3, 0.4) is 0 Å². The van der Waals surface area contributed by atoms with Crippen LogP contribution < -0.4 is 0 Å². The van der Waals surface area contributed by atoms with Gasteiger partial charge in [0.1, 0.15) is 0 Å². The summed E-state index contributed by atoms with van der Waals surface area (Å²) in [5, 5.41) is 0. The minimum absolute atomic E-state index is 0. The average Bonchev–Trinajstić information content (AvgIpc) is 0.811. The van der Waals surface area contributed by atoms with Gasteiger partial charge in [0, 0.05) is 0 Å². The standard InChI is InChI=1S/C3H7.K.H2O/c1-3-2;;/h3H,1-2H3;;1H2. The molecule has 0 spiro atoms. The van der Waals surface area contributed by atoms with Gasteiger partial charge in [0.15, 0.2) is 0 Å². The molecule has 2 heteroatoms. The van der Waals surface area contributed by atoms with E-state index in [1.54, 1.807) is 0 Å². The van der Waals surface area contributed by atoms with Crippen LogP contribution in [0, 0.1) is 0 Å². The monoisotopic (exact) mass is 100 g/mol. The van der Waals surface area contributed by atoms with Crippen molar-refractivity contribution in [3.05, 3.63) is 0 Å². The molecule has 28 valence electrons. The normalized spacial score (nSPS) is 7.40. The first-order valence-electron chi connectivity index (χ1n) is 1.73. The molecule has 0 aromatic carbocycles.